The summed E-state index contributed by atoms with van der Waals surface area (Å²) < 4.78 is 18.8. The summed E-state index contributed by atoms with van der Waals surface area (Å²) in [6.07, 6.45) is 2.59. The molecule has 4 heteroatoms. The SMILES string of the molecule is CCC(N)Cc1cc(F)cc(OCCCC#N)c1. The van der Waals surface area contributed by atoms with Crippen molar-refractivity contribution in [3.63, 3.8) is 0 Å². The fourth-order valence-corrected chi connectivity index (χ4v) is 1.61. The number of benzene rings is 1. The predicted molar refractivity (Wildman–Crippen MR) is 68.7 cm³/mol. The smallest absolute Gasteiger partial charge is 0.127 e. The predicted octanol–water partition coefficient (Wildman–Crippen LogP) is 2.79. The fraction of sp³-hybridized carbons (Fsp3) is 0.500. The van der Waals surface area contributed by atoms with E-state index in [1.165, 1.54) is 12.1 Å². The third-order valence-electron chi connectivity index (χ3n) is 2.65. The first-order valence-electron chi connectivity index (χ1n) is 6.20. The summed E-state index contributed by atoms with van der Waals surface area (Å²) in [5.41, 5.74) is 6.69. The summed E-state index contributed by atoms with van der Waals surface area (Å²) in [6, 6.07) is 6.73. The van der Waals surface area contributed by atoms with Crippen molar-refractivity contribution in [2.24, 2.45) is 5.73 Å². The number of nitrogens with zero attached hydrogens (tertiary/aromatic N) is 1. The minimum Gasteiger partial charge on any atom is -0.493 e. The highest BCUT2D eigenvalue weighted by molar-refractivity contribution is 5.30. The summed E-state index contributed by atoms with van der Waals surface area (Å²) in [4.78, 5) is 0. The zero-order chi connectivity index (χ0) is 13.4. The molecule has 0 aliphatic rings. The van der Waals surface area contributed by atoms with Crippen LogP contribution < -0.4 is 10.5 Å². The third-order valence-corrected chi connectivity index (χ3v) is 2.65. The molecule has 0 amide bonds. The Morgan fingerprint density at radius 3 is 2.89 bits per heavy atom. The quantitative estimate of drug-likeness (QED) is 0.757. The number of nitrogens with two attached hydrogens (primary N) is 1. The Morgan fingerprint density at radius 1 is 1.44 bits per heavy atom. The van der Waals surface area contributed by atoms with E-state index in [4.69, 9.17) is 15.7 Å². The third kappa shape index (κ3) is 5.15. The molecule has 0 aromatic heterocycles. The van der Waals surface area contributed by atoms with Crippen molar-refractivity contribution in [2.45, 2.75) is 38.6 Å². The Labute approximate surface area is 107 Å². The molecule has 0 fully saturated rings. The molecule has 1 aromatic carbocycles. The van der Waals surface area contributed by atoms with E-state index in [0.29, 0.717) is 31.6 Å². The molecule has 0 saturated heterocycles. The van der Waals surface area contributed by atoms with Gasteiger partial charge < -0.3 is 10.5 Å². The molecule has 0 radical (unpaired) electrons. The molecular formula is C14H19FN2O. The topological polar surface area (TPSA) is 59.0 Å². The van der Waals surface area contributed by atoms with Crippen LogP contribution in [0.25, 0.3) is 0 Å². The molecule has 0 bridgehead atoms. The molecule has 0 aliphatic heterocycles. The first-order chi connectivity index (χ1) is 8.65. The number of rotatable bonds is 7. The standard InChI is InChI=1S/C14H19FN2O/c1-2-13(17)8-11-7-12(15)10-14(9-11)18-6-4-3-5-16/h7,9-10,13H,2-4,6,8,17H2,1H3. The molecule has 0 spiro atoms. The first kappa shape index (κ1) is 14.5. The van der Waals surface area contributed by atoms with Gasteiger partial charge in [-0.15, -0.1) is 0 Å². The van der Waals surface area contributed by atoms with E-state index < -0.39 is 0 Å². The van der Waals surface area contributed by atoms with Crippen LogP contribution in [-0.2, 0) is 6.42 Å². The second kappa shape index (κ2) is 7.67. The van der Waals surface area contributed by atoms with Gasteiger partial charge in [0, 0.05) is 18.5 Å². The molecule has 1 rings (SSSR count). The second-order valence-electron chi connectivity index (χ2n) is 4.28. The monoisotopic (exact) mass is 250 g/mol. The summed E-state index contributed by atoms with van der Waals surface area (Å²) >= 11 is 0. The molecule has 3 nitrogen and oxygen atoms in total. The van der Waals surface area contributed by atoms with Gasteiger partial charge in [-0.2, -0.15) is 5.26 Å². The molecule has 0 saturated carbocycles. The molecule has 2 N–H and O–H groups in total. The van der Waals surface area contributed by atoms with Gasteiger partial charge in [0.05, 0.1) is 12.7 Å². The lowest BCUT2D eigenvalue weighted by molar-refractivity contribution is 0.310. The van der Waals surface area contributed by atoms with E-state index in [2.05, 4.69) is 0 Å². The van der Waals surface area contributed by atoms with Crippen LogP contribution in [0.1, 0.15) is 31.7 Å². The maximum absolute atomic E-state index is 13.4. The van der Waals surface area contributed by atoms with Crippen molar-refractivity contribution >= 4 is 0 Å². The first-order valence-corrected chi connectivity index (χ1v) is 6.20. The molecular weight excluding hydrogens is 231 g/mol. The Bertz CT molecular complexity index is 415. The number of hydrogen-bond acceptors (Lipinski definition) is 3. The summed E-state index contributed by atoms with van der Waals surface area (Å²) in [7, 11) is 0. The van der Waals surface area contributed by atoms with E-state index in [1.807, 2.05) is 19.1 Å². The Kier molecular flexibility index (Phi) is 6.16. The lowest BCUT2D eigenvalue weighted by Crippen LogP contribution is -2.21. The van der Waals surface area contributed by atoms with Gasteiger partial charge in [-0.05, 0) is 37.0 Å². The van der Waals surface area contributed by atoms with Crippen molar-refractivity contribution in [2.75, 3.05) is 6.61 Å². The molecule has 98 valence electrons. The lowest BCUT2D eigenvalue weighted by atomic mass is 10.0. The van der Waals surface area contributed by atoms with Crippen LogP contribution in [-0.4, -0.2) is 12.6 Å². The van der Waals surface area contributed by atoms with Crippen LogP contribution in [0.3, 0.4) is 0 Å². The maximum Gasteiger partial charge on any atom is 0.127 e. The summed E-state index contributed by atoms with van der Waals surface area (Å²) in [6.45, 7) is 2.43. The van der Waals surface area contributed by atoms with Gasteiger partial charge in [-0.1, -0.05) is 6.92 Å². The van der Waals surface area contributed by atoms with Crippen molar-refractivity contribution < 1.29 is 9.13 Å². The van der Waals surface area contributed by atoms with E-state index in [9.17, 15) is 4.39 Å². The molecule has 1 atom stereocenters. The van der Waals surface area contributed by atoms with Crippen molar-refractivity contribution in [3.8, 4) is 11.8 Å². The van der Waals surface area contributed by atoms with Gasteiger partial charge in [-0.25, -0.2) is 4.39 Å². The van der Waals surface area contributed by atoms with Gasteiger partial charge in [0.15, 0.2) is 0 Å². The van der Waals surface area contributed by atoms with E-state index >= 15 is 0 Å². The van der Waals surface area contributed by atoms with Crippen molar-refractivity contribution in [3.05, 3.63) is 29.6 Å². The molecule has 0 heterocycles. The number of hydrogen-bond donors (Lipinski definition) is 1. The van der Waals surface area contributed by atoms with Crippen LogP contribution in [0.5, 0.6) is 5.75 Å². The second-order valence-corrected chi connectivity index (χ2v) is 4.28. The van der Waals surface area contributed by atoms with Gasteiger partial charge in [0.1, 0.15) is 11.6 Å². The summed E-state index contributed by atoms with van der Waals surface area (Å²) in [5.74, 6) is 0.192. The number of ether oxygens (including phenoxy) is 1. The highest BCUT2D eigenvalue weighted by Crippen LogP contribution is 2.18. The van der Waals surface area contributed by atoms with Crippen LogP contribution in [0.2, 0.25) is 0 Å². The lowest BCUT2D eigenvalue weighted by Gasteiger charge is -2.11. The van der Waals surface area contributed by atoms with E-state index in [-0.39, 0.29) is 11.9 Å². The fourth-order valence-electron chi connectivity index (χ4n) is 1.61. The van der Waals surface area contributed by atoms with Gasteiger partial charge in [0.25, 0.3) is 0 Å². The minimum atomic E-state index is -0.314. The van der Waals surface area contributed by atoms with Crippen LogP contribution >= 0.6 is 0 Å². The summed E-state index contributed by atoms with van der Waals surface area (Å²) in [5, 5.41) is 8.40. The highest BCUT2D eigenvalue weighted by Gasteiger charge is 2.06. The molecule has 0 aliphatic carbocycles. The highest BCUT2D eigenvalue weighted by atomic mass is 19.1. The van der Waals surface area contributed by atoms with Gasteiger partial charge in [-0.3, -0.25) is 0 Å². The van der Waals surface area contributed by atoms with Gasteiger partial charge >= 0.3 is 0 Å². The normalized spacial score (nSPS) is 11.9. The van der Waals surface area contributed by atoms with Crippen LogP contribution in [0, 0.1) is 17.1 Å². The Balaban J connectivity index is 2.60. The van der Waals surface area contributed by atoms with Crippen LogP contribution in [0.15, 0.2) is 18.2 Å². The maximum atomic E-state index is 13.4. The number of unbranched alkanes of at least 4 members (excludes halogenated alkanes) is 1. The Morgan fingerprint density at radius 2 is 2.22 bits per heavy atom. The van der Waals surface area contributed by atoms with Crippen molar-refractivity contribution in [1.29, 1.82) is 5.26 Å². The number of nitriles is 1. The van der Waals surface area contributed by atoms with Crippen molar-refractivity contribution in [1.82, 2.24) is 0 Å². The average Bonchev–Trinajstić information content (AvgIpc) is 2.34. The average molecular weight is 250 g/mol. The number of halogens is 1. The van der Waals surface area contributed by atoms with Gasteiger partial charge in [0.2, 0.25) is 0 Å². The zero-order valence-electron chi connectivity index (χ0n) is 10.7. The molecule has 1 unspecified atom stereocenters. The Hall–Kier alpha value is -1.60. The van der Waals surface area contributed by atoms with E-state index in [1.54, 1.807) is 0 Å². The van der Waals surface area contributed by atoms with Crippen LogP contribution in [0.4, 0.5) is 4.39 Å². The largest absolute Gasteiger partial charge is 0.493 e. The molecule has 18 heavy (non-hydrogen) atoms. The van der Waals surface area contributed by atoms with E-state index in [0.717, 1.165) is 12.0 Å². The molecule has 1 aromatic rings. The zero-order valence-corrected chi connectivity index (χ0v) is 10.7. The minimum absolute atomic E-state index is 0.0400.